The van der Waals surface area contributed by atoms with Gasteiger partial charge in [-0.05, 0) is 55.7 Å². The van der Waals surface area contributed by atoms with Crippen LogP contribution in [0.4, 0.5) is 0 Å². The van der Waals surface area contributed by atoms with Gasteiger partial charge in [-0.1, -0.05) is 26.0 Å². The van der Waals surface area contributed by atoms with Gasteiger partial charge in [-0.15, -0.1) is 24.0 Å². The number of guanidine groups is 1. The van der Waals surface area contributed by atoms with Gasteiger partial charge in [0.25, 0.3) is 5.91 Å². The standard InChI is InChI=1S/C21H34N4O.HI/c1-17(2)8-7-13-23-21(22-3)24-16-18-9-11-19(12-10-18)20(26)25-14-5-4-6-15-25;/h9-12,17H,4-8,13-16H2,1-3H3,(H2,22,23,24);1H. The molecule has 0 bridgehead atoms. The minimum absolute atomic E-state index is 0. The molecule has 27 heavy (non-hydrogen) atoms. The molecule has 0 spiro atoms. The molecule has 6 heteroatoms. The minimum Gasteiger partial charge on any atom is -0.356 e. The van der Waals surface area contributed by atoms with E-state index in [1.165, 1.54) is 12.8 Å². The van der Waals surface area contributed by atoms with Gasteiger partial charge in [0.05, 0.1) is 0 Å². The van der Waals surface area contributed by atoms with E-state index in [4.69, 9.17) is 0 Å². The number of piperidine rings is 1. The number of nitrogens with one attached hydrogen (secondary N) is 2. The molecule has 1 fully saturated rings. The van der Waals surface area contributed by atoms with Crippen molar-refractivity contribution in [3.8, 4) is 0 Å². The number of amides is 1. The van der Waals surface area contributed by atoms with Gasteiger partial charge in [-0.3, -0.25) is 9.79 Å². The van der Waals surface area contributed by atoms with Crippen LogP contribution in [0.25, 0.3) is 0 Å². The lowest BCUT2D eigenvalue weighted by Gasteiger charge is -2.26. The molecule has 0 radical (unpaired) electrons. The Kier molecular flexibility index (Phi) is 11.4. The van der Waals surface area contributed by atoms with Crippen LogP contribution in [-0.4, -0.2) is 43.4 Å². The molecule has 1 heterocycles. The molecule has 1 aromatic carbocycles. The van der Waals surface area contributed by atoms with Crippen LogP contribution in [0.3, 0.4) is 0 Å². The number of hydrogen-bond acceptors (Lipinski definition) is 2. The summed E-state index contributed by atoms with van der Waals surface area (Å²) in [5.74, 6) is 1.71. The predicted molar refractivity (Wildman–Crippen MR) is 124 cm³/mol. The van der Waals surface area contributed by atoms with E-state index in [0.717, 1.165) is 61.9 Å². The fourth-order valence-corrected chi connectivity index (χ4v) is 3.17. The molecular formula is C21H35IN4O. The van der Waals surface area contributed by atoms with Crippen LogP contribution >= 0.6 is 24.0 Å². The zero-order chi connectivity index (χ0) is 18.8. The SMILES string of the molecule is CN=C(NCCCC(C)C)NCc1ccc(C(=O)N2CCCCC2)cc1.I. The predicted octanol–water partition coefficient (Wildman–Crippen LogP) is 4.03. The average Bonchev–Trinajstić information content (AvgIpc) is 2.68. The van der Waals surface area contributed by atoms with Gasteiger partial charge in [-0.2, -0.15) is 0 Å². The topological polar surface area (TPSA) is 56.7 Å². The van der Waals surface area contributed by atoms with Crippen LogP contribution in [0.2, 0.25) is 0 Å². The number of carbonyl (C=O) groups is 1. The first-order valence-electron chi connectivity index (χ1n) is 9.93. The van der Waals surface area contributed by atoms with Crippen molar-refractivity contribution in [1.82, 2.24) is 15.5 Å². The molecule has 1 aliphatic heterocycles. The Balaban J connectivity index is 0.00000364. The maximum absolute atomic E-state index is 12.5. The molecule has 1 amide bonds. The van der Waals surface area contributed by atoms with Gasteiger partial charge in [0.1, 0.15) is 0 Å². The summed E-state index contributed by atoms with van der Waals surface area (Å²) in [5, 5.41) is 6.68. The van der Waals surface area contributed by atoms with Crippen molar-refractivity contribution < 1.29 is 4.79 Å². The molecule has 1 aliphatic rings. The first-order valence-corrected chi connectivity index (χ1v) is 9.93. The average molecular weight is 486 g/mol. The Hall–Kier alpha value is -1.31. The van der Waals surface area contributed by atoms with Gasteiger partial charge < -0.3 is 15.5 Å². The van der Waals surface area contributed by atoms with E-state index in [9.17, 15) is 4.79 Å². The van der Waals surface area contributed by atoms with E-state index in [2.05, 4.69) is 29.5 Å². The quantitative estimate of drug-likeness (QED) is 0.265. The van der Waals surface area contributed by atoms with Crippen molar-refractivity contribution in [2.24, 2.45) is 10.9 Å². The highest BCUT2D eigenvalue weighted by atomic mass is 127. The summed E-state index contributed by atoms with van der Waals surface area (Å²) in [5.41, 5.74) is 1.93. The summed E-state index contributed by atoms with van der Waals surface area (Å²) in [6.45, 7) is 7.89. The monoisotopic (exact) mass is 486 g/mol. The molecule has 5 nitrogen and oxygen atoms in total. The van der Waals surface area contributed by atoms with Crippen molar-refractivity contribution in [1.29, 1.82) is 0 Å². The lowest BCUT2D eigenvalue weighted by molar-refractivity contribution is 0.0724. The number of halogens is 1. The smallest absolute Gasteiger partial charge is 0.253 e. The molecule has 0 atom stereocenters. The van der Waals surface area contributed by atoms with Crippen LogP contribution in [0.1, 0.15) is 61.9 Å². The highest BCUT2D eigenvalue weighted by Crippen LogP contribution is 2.14. The van der Waals surface area contributed by atoms with Gasteiger partial charge in [0.15, 0.2) is 5.96 Å². The molecule has 0 aliphatic carbocycles. The summed E-state index contributed by atoms with van der Waals surface area (Å²) >= 11 is 0. The minimum atomic E-state index is 0. The molecule has 2 rings (SSSR count). The molecule has 0 saturated carbocycles. The number of benzene rings is 1. The number of aliphatic imine (C=N–C) groups is 1. The lowest BCUT2D eigenvalue weighted by atomic mass is 10.1. The van der Waals surface area contributed by atoms with E-state index < -0.39 is 0 Å². The summed E-state index contributed by atoms with van der Waals surface area (Å²) in [4.78, 5) is 18.7. The summed E-state index contributed by atoms with van der Waals surface area (Å²) < 4.78 is 0. The van der Waals surface area contributed by atoms with Crippen LogP contribution in [-0.2, 0) is 6.54 Å². The second-order valence-electron chi connectivity index (χ2n) is 7.44. The summed E-state index contributed by atoms with van der Waals surface area (Å²) in [6, 6.07) is 7.92. The normalized spacial score (nSPS) is 14.7. The van der Waals surface area contributed by atoms with E-state index in [1.54, 1.807) is 7.05 Å². The van der Waals surface area contributed by atoms with Gasteiger partial charge in [0, 0.05) is 38.8 Å². The van der Waals surface area contributed by atoms with E-state index >= 15 is 0 Å². The van der Waals surface area contributed by atoms with Crippen LogP contribution in [0.15, 0.2) is 29.3 Å². The highest BCUT2D eigenvalue weighted by molar-refractivity contribution is 14.0. The first kappa shape index (κ1) is 23.7. The maximum atomic E-state index is 12.5. The zero-order valence-corrected chi connectivity index (χ0v) is 19.3. The molecular weight excluding hydrogens is 451 g/mol. The first-order chi connectivity index (χ1) is 12.6. The Labute approximate surface area is 181 Å². The van der Waals surface area contributed by atoms with Crippen molar-refractivity contribution in [2.45, 2.75) is 52.5 Å². The summed E-state index contributed by atoms with van der Waals surface area (Å²) in [7, 11) is 1.79. The van der Waals surface area contributed by atoms with Crippen molar-refractivity contribution in [2.75, 3.05) is 26.7 Å². The van der Waals surface area contributed by atoms with Crippen LogP contribution in [0.5, 0.6) is 0 Å². The molecule has 1 saturated heterocycles. The third-order valence-corrected chi connectivity index (χ3v) is 4.78. The maximum Gasteiger partial charge on any atom is 0.253 e. The Morgan fingerprint density at radius 2 is 1.78 bits per heavy atom. The summed E-state index contributed by atoms with van der Waals surface area (Å²) in [6.07, 6.45) is 5.84. The van der Waals surface area contributed by atoms with Crippen molar-refractivity contribution in [3.05, 3.63) is 35.4 Å². The Morgan fingerprint density at radius 1 is 1.11 bits per heavy atom. The van der Waals surface area contributed by atoms with Crippen LogP contribution < -0.4 is 10.6 Å². The largest absolute Gasteiger partial charge is 0.356 e. The van der Waals surface area contributed by atoms with Crippen molar-refractivity contribution >= 4 is 35.8 Å². The number of hydrogen-bond donors (Lipinski definition) is 2. The van der Waals surface area contributed by atoms with E-state index in [0.29, 0.717) is 6.54 Å². The number of likely N-dealkylation sites (tertiary alicyclic amines) is 1. The number of rotatable bonds is 7. The lowest BCUT2D eigenvalue weighted by Crippen LogP contribution is -2.37. The van der Waals surface area contributed by atoms with Gasteiger partial charge >= 0.3 is 0 Å². The number of carbonyl (C=O) groups excluding carboxylic acids is 1. The van der Waals surface area contributed by atoms with Crippen LogP contribution in [0, 0.1) is 5.92 Å². The molecule has 152 valence electrons. The van der Waals surface area contributed by atoms with Gasteiger partial charge in [0.2, 0.25) is 0 Å². The van der Waals surface area contributed by atoms with E-state index in [-0.39, 0.29) is 29.9 Å². The highest BCUT2D eigenvalue weighted by Gasteiger charge is 2.17. The molecule has 1 aromatic rings. The second-order valence-corrected chi connectivity index (χ2v) is 7.44. The second kappa shape index (κ2) is 13.0. The fourth-order valence-electron chi connectivity index (χ4n) is 3.17. The van der Waals surface area contributed by atoms with Crippen molar-refractivity contribution in [3.63, 3.8) is 0 Å². The molecule has 0 unspecified atom stereocenters. The van der Waals surface area contributed by atoms with Gasteiger partial charge in [-0.25, -0.2) is 0 Å². The Morgan fingerprint density at radius 3 is 2.37 bits per heavy atom. The third-order valence-electron chi connectivity index (χ3n) is 4.78. The Bertz CT molecular complexity index is 580. The number of nitrogens with zero attached hydrogens (tertiary/aromatic N) is 2. The zero-order valence-electron chi connectivity index (χ0n) is 17.0. The fraction of sp³-hybridized carbons (Fsp3) is 0.619. The molecule has 0 aromatic heterocycles. The third kappa shape index (κ3) is 8.49. The van der Waals surface area contributed by atoms with E-state index in [1.807, 2.05) is 29.2 Å². The molecule has 2 N–H and O–H groups in total.